The number of benzene rings is 1. The number of amides is 1. The van der Waals surface area contributed by atoms with Crippen LogP contribution in [0.2, 0.25) is 0 Å². The molecule has 0 radical (unpaired) electrons. The number of nitrogens with one attached hydrogen (secondary N) is 1. The highest BCUT2D eigenvalue weighted by atomic mass is 16.2. The molecule has 1 N–H and O–H groups in total. The van der Waals surface area contributed by atoms with E-state index in [1.807, 2.05) is 17.0 Å². The van der Waals surface area contributed by atoms with Crippen LogP contribution in [-0.4, -0.2) is 25.5 Å². The Morgan fingerprint density at radius 1 is 1.33 bits per heavy atom. The maximum atomic E-state index is 11.7. The Bertz CT molecular complexity index is 387. The fraction of sp³-hybridized carbons (Fsp3) is 0.417. The van der Waals surface area contributed by atoms with E-state index in [1.54, 1.807) is 0 Å². The van der Waals surface area contributed by atoms with Crippen LogP contribution < -0.4 is 10.2 Å². The molecule has 0 spiro atoms. The summed E-state index contributed by atoms with van der Waals surface area (Å²) in [5, 5.41) is 3.08. The monoisotopic (exact) mass is 204 g/mol. The van der Waals surface area contributed by atoms with Crippen molar-refractivity contribution in [1.82, 2.24) is 5.32 Å². The number of carbonyl (C=O) groups is 1. The van der Waals surface area contributed by atoms with Crippen LogP contribution in [0.5, 0.6) is 0 Å². The first-order valence-electron chi connectivity index (χ1n) is 5.27. The lowest BCUT2D eigenvalue weighted by atomic mass is 10.1. The Labute approximate surface area is 90.1 Å². The highest BCUT2D eigenvalue weighted by molar-refractivity contribution is 5.96. The van der Waals surface area contributed by atoms with Gasteiger partial charge in [-0.25, -0.2) is 0 Å². The van der Waals surface area contributed by atoms with Gasteiger partial charge in [0.25, 0.3) is 0 Å². The molecule has 0 atom stereocenters. The molecular formula is C12H16N2O. The molecule has 1 fully saturated rings. The van der Waals surface area contributed by atoms with E-state index in [0.717, 1.165) is 18.8 Å². The summed E-state index contributed by atoms with van der Waals surface area (Å²) in [5.41, 5.74) is 3.49. The Balaban J connectivity index is 2.35. The molecule has 1 amide bonds. The normalized spacial score (nSPS) is 16.9. The zero-order valence-electron chi connectivity index (χ0n) is 9.21. The van der Waals surface area contributed by atoms with Gasteiger partial charge in [0.15, 0.2) is 0 Å². The summed E-state index contributed by atoms with van der Waals surface area (Å²) in [4.78, 5) is 13.6. The predicted molar refractivity (Wildman–Crippen MR) is 61.1 cm³/mol. The fourth-order valence-corrected chi connectivity index (χ4v) is 1.89. The summed E-state index contributed by atoms with van der Waals surface area (Å²) in [6.07, 6.45) is 0. The van der Waals surface area contributed by atoms with Gasteiger partial charge in [-0.15, -0.1) is 0 Å². The van der Waals surface area contributed by atoms with Crippen molar-refractivity contribution in [1.29, 1.82) is 0 Å². The first-order chi connectivity index (χ1) is 7.20. The Hall–Kier alpha value is -1.35. The van der Waals surface area contributed by atoms with Gasteiger partial charge in [0.05, 0.1) is 6.54 Å². The van der Waals surface area contributed by atoms with E-state index in [0.29, 0.717) is 6.54 Å². The number of anilines is 1. The molecule has 0 unspecified atom stereocenters. The average Bonchev–Trinajstić information content (AvgIpc) is 2.23. The number of hydrogen-bond acceptors (Lipinski definition) is 2. The minimum Gasteiger partial charge on any atom is -0.310 e. The van der Waals surface area contributed by atoms with Gasteiger partial charge in [-0.3, -0.25) is 4.79 Å². The molecule has 2 rings (SSSR count). The predicted octanol–water partition coefficient (Wildman–Crippen LogP) is 1.24. The molecule has 1 aliphatic rings. The maximum absolute atomic E-state index is 11.7. The molecule has 1 heterocycles. The minimum atomic E-state index is 0.162. The van der Waals surface area contributed by atoms with Crippen molar-refractivity contribution < 1.29 is 4.79 Å². The van der Waals surface area contributed by atoms with Crippen LogP contribution in [0.15, 0.2) is 18.2 Å². The Morgan fingerprint density at radius 3 is 2.87 bits per heavy atom. The van der Waals surface area contributed by atoms with Crippen LogP contribution in [0.25, 0.3) is 0 Å². The van der Waals surface area contributed by atoms with Crippen LogP contribution in [0.1, 0.15) is 11.1 Å². The molecule has 0 aromatic heterocycles. The van der Waals surface area contributed by atoms with Gasteiger partial charge >= 0.3 is 0 Å². The topological polar surface area (TPSA) is 32.3 Å². The van der Waals surface area contributed by atoms with E-state index in [9.17, 15) is 4.79 Å². The van der Waals surface area contributed by atoms with Gasteiger partial charge in [0.2, 0.25) is 5.91 Å². The van der Waals surface area contributed by atoms with Gasteiger partial charge < -0.3 is 10.2 Å². The number of rotatable bonds is 1. The molecule has 1 aliphatic heterocycles. The Morgan fingerprint density at radius 2 is 2.13 bits per heavy atom. The van der Waals surface area contributed by atoms with Gasteiger partial charge in [-0.05, 0) is 31.0 Å². The molecule has 3 heteroatoms. The number of carbonyl (C=O) groups excluding carboxylic acids is 1. The smallest absolute Gasteiger partial charge is 0.240 e. The molecule has 1 saturated heterocycles. The standard InChI is InChI=1S/C12H16N2O/c1-9-4-3-5-11(10(9)2)14-7-6-13-8-12(14)15/h3-5,13H,6-8H2,1-2H3. The van der Waals surface area contributed by atoms with Crippen molar-refractivity contribution in [3.05, 3.63) is 29.3 Å². The summed E-state index contributed by atoms with van der Waals surface area (Å²) < 4.78 is 0. The molecular weight excluding hydrogens is 188 g/mol. The molecule has 1 aromatic rings. The first-order valence-corrected chi connectivity index (χ1v) is 5.27. The van der Waals surface area contributed by atoms with Crippen LogP contribution in [0.3, 0.4) is 0 Å². The largest absolute Gasteiger partial charge is 0.310 e. The first kappa shape index (κ1) is 10.2. The van der Waals surface area contributed by atoms with Crippen LogP contribution in [0, 0.1) is 13.8 Å². The highest BCUT2D eigenvalue weighted by Gasteiger charge is 2.20. The molecule has 80 valence electrons. The van der Waals surface area contributed by atoms with Crippen LogP contribution >= 0.6 is 0 Å². The van der Waals surface area contributed by atoms with Gasteiger partial charge in [-0.1, -0.05) is 12.1 Å². The lowest BCUT2D eigenvalue weighted by Crippen LogP contribution is -2.48. The van der Waals surface area contributed by atoms with E-state index < -0.39 is 0 Å². The zero-order valence-corrected chi connectivity index (χ0v) is 9.21. The molecule has 15 heavy (non-hydrogen) atoms. The zero-order chi connectivity index (χ0) is 10.8. The minimum absolute atomic E-state index is 0.162. The number of hydrogen-bond donors (Lipinski definition) is 1. The maximum Gasteiger partial charge on any atom is 0.240 e. The van der Waals surface area contributed by atoms with Gasteiger partial charge in [0, 0.05) is 18.8 Å². The quantitative estimate of drug-likeness (QED) is 0.746. The SMILES string of the molecule is Cc1cccc(N2CCNCC2=O)c1C. The van der Waals surface area contributed by atoms with E-state index in [1.165, 1.54) is 11.1 Å². The molecule has 3 nitrogen and oxygen atoms in total. The lowest BCUT2D eigenvalue weighted by Gasteiger charge is -2.29. The molecule has 0 aliphatic carbocycles. The summed E-state index contributed by atoms with van der Waals surface area (Å²) in [6, 6.07) is 6.10. The summed E-state index contributed by atoms with van der Waals surface area (Å²) in [6.45, 7) is 6.24. The highest BCUT2D eigenvalue weighted by Crippen LogP contribution is 2.23. The van der Waals surface area contributed by atoms with Crippen molar-refractivity contribution in [2.45, 2.75) is 13.8 Å². The number of nitrogens with zero attached hydrogens (tertiary/aromatic N) is 1. The van der Waals surface area contributed by atoms with Crippen LogP contribution in [-0.2, 0) is 4.79 Å². The van der Waals surface area contributed by atoms with Crippen molar-refractivity contribution in [3.8, 4) is 0 Å². The van der Waals surface area contributed by atoms with E-state index >= 15 is 0 Å². The Kier molecular flexibility index (Phi) is 2.73. The fourth-order valence-electron chi connectivity index (χ4n) is 1.89. The number of piperazine rings is 1. The molecule has 0 saturated carbocycles. The van der Waals surface area contributed by atoms with E-state index in [4.69, 9.17) is 0 Å². The third-order valence-corrected chi connectivity index (χ3v) is 2.96. The summed E-state index contributed by atoms with van der Waals surface area (Å²) in [7, 11) is 0. The van der Waals surface area contributed by atoms with Crippen molar-refractivity contribution >= 4 is 11.6 Å². The van der Waals surface area contributed by atoms with Crippen molar-refractivity contribution in [2.24, 2.45) is 0 Å². The summed E-state index contributed by atoms with van der Waals surface area (Å²) in [5.74, 6) is 0.162. The third-order valence-electron chi connectivity index (χ3n) is 2.96. The lowest BCUT2D eigenvalue weighted by molar-refractivity contribution is -0.118. The van der Waals surface area contributed by atoms with Crippen molar-refractivity contribution in [2.75, 3.05) is 24.5 Å². The van der Waals surface area contributed by atoms with Crippen LogP contribution in [0.4, 0.5) is 5.69 Å². The number of aryl methyl sites for hydroxylation is 1. The molecule has 0 bridgehead atoms. The van der Waals surface area contributed by atoms with Gasteiger partial charge in [0.1, 0.15) is 0 Å². The van der Waals surface area contributed by atoms with Gasteiger partial charge in [-0.2, -0.15) is 0 Å². The average molecular weight is 204 g/mol. The third kappa shape index (κ3) is 1.88. The second-order valence-electron chi connectivity index (χ2n) is 3.94. The second-order valence-corrected chi connectivity index (χ2v) is 3.94. The van der Waals surface area contributed by atoms with Crippen molar-refractivity contribution in [3.63, 3.8) is 0 Å². The summed E-state index contributed by atoms with van der Waals surface area (Å²) >= 11 is 0. The van der Waals surface area contributed by atoms with E-state index in [-0.39, 0.29) is 5.91 Å². The molecule has 1 aromatic carbocycles. The van der Waals surface area contributed by atoms with E-state index in [2.05, 4.69) is 25.2 Å². The second kappa shape index (κ2) is 4.03.